The lowest BCUT2D eigenvalue weighted by Crippen LogP contribution is -2.56. The van der Waals surface area contributed by atoms with Crippen LogP contribution in [-0.4, -0.2) is 74.4 Å². The average Bonchev–Trinajstić information content (AvgIpc) is 3.16. The number of nitrogens with one attached hydrogen (secondary N) is 2. The van der Waals surface area contributed by atoms with Crippen LogP contribution >= 0.6 is 24.2 Å². The van der Waals surface area contributed by atoms with Crippen LogP contribution < -0.4 is 10.6 Å². The van der Waals surface area contributed by atoms with Gasteiger partial charge in [-0.1, -0.05) is 6.42 Å². The summed E-state index contributed by atoms with van der Waals surface area (Å²) in [5, 5.41) is 7.61. The first-order valence-corrected chi connectivity index (χ1v) is 9.66. The summed E-state index contributed by atoms with van der Waals surface area (Å²) >= 11 is 2.11. The summed E-state index contributed by atoms with van der Waals surface area (Å²) in [6.07, 6.45) is 5.37. The zero-order valence-corrected chi connectivity index (χ0v) is 15.6. The summed E-state index contributed by atoms with van der Waals surface area (Å²) in [5.74, 6) is 3.33. The zero-order chi connectivity index (χ0) is 14.7. The number of thioether (sulfide) groups is 1. The van der Waals surface area contributed by atoms with Crippen LogP contribution in [0.4, 0.5) is 0 Å². The van der Waals surface area contributed by atoms with E-state index in [2.05, 4.69) is 41.4 Å². The van der Waals surface area contributed by atoms with Gasteiger partial charge in [-0.15, -0.1) is 12.4 Å². The number of likely N-dealkylation sites (N-methyl/N-ethyl adjacent to an activating group) is 1. The van der Waals surface area contributed by atoms with Crippen molar-refractivity contribution in [2.45, 2.75) is 43.3 Å². The molecular weight excluding hydrogens is 318 g/mol. The third kappa shape index (κ3) is 4.11. The van der Waals surface area contributed by atoms with Gasteiger partial charge in [0.15, 0.2) is 0 Å². The van der Waals surface area contributed by atoms with Gasteiger partial charge in [0.2, 0.25) is 0 Å². The highest BCUT2D eigenvalue weighted by atomic mass is 35.5. The van der Waals surface area contributed by atoms with Crippen LogP contribution in [0.2, 0.25) is 0 Å². The van der Waals surface area contributed by atoms with Crippen molar-refractivity contribution in [3.8, 4) is 0 Å². The quantitative estimate of drug-likeness (QED) is 0.788. The van der Waals surface area contributed by atoms with E-state index in [1.807, 2.05) is 0 Å². The second kappa shape index (κ2) is 8.54. The highest BCUT2D eigenvalue weighted by Gasteiger charge is 2.39. The van der Waals surface area contributed by atoms with Gasteiger partial charge in [0, 0.05) is 36.5 Å². The Labute approximate surface area is 145 Å². The maximum Gasteiger partial charge on any atom is 0.0623 e. The number of ether oxygens (including phenoxy) is 1. The second-order valence-corrected chi connectivity index (χ2v) is 8.24. The van der Waals surface area contributed by atoms with Gasteiger partial charge < -0.3 is 20.3 Å². The molecule has 0 aromatic heterocycles. The van der Waals surface area contributed by atoms with Crippen LogP contribution in [0.3, 0.4) is 0 Å². The highest BCUT2D eigenvalue weighted by Crippen LogP contribution is 2.34. The molecule has 0 radical (unpaired) electrons. The van der Waals surface area contributed by atoms with E-state index in [1.54, 1.807) is 0 Å². The molecule has 0 bridgehead atoms. The normalized spacial score (nSPS) is 39.1. The van der Waals surface area contributed by atoms with Gasteiger partial charge in [0.1, 0.15) is 0 Å². The maximum absolute atomic E-state index is 5.68. The van der Waals surface area contributed by atoms with E-state index in [0.717, 1.165) is 32.2 Å². The third-order valence-corrected chi connectivity index (χ3v) is 7.00. The molecule has 130 valence electrons. The van der Waals surface area contributed by atoms with E-state index in [1.165, 1.54) is 37.2 Å². The number of morpholine rings is 1. The summed E-state index contributed by atoms with van der Waals surface area (Å²) in [7, 11) is 4.49. The first kappa shape index (κ1) is 18.8. The van der Waals surface area contributed by atoms with Crippen molar-refractivity contribution >= 4 is 24.2 Å². The van der Waals surface area contributed by atoms with Crippen LogP contribution in [0.15, 0.2) is 0 Å². The van der Waals surface area contributed by atoms with E-state index in [9.17, 15) is 0 Å². The van der Waals surface area contributed by atoms with Gasteiger partial charge in [-0.05, 0) is 45.0 Å². The molecule has 22 heavy (non-hydrogen) atoms. The topological polar surface area (TPSA) is 36.5 Å². The first-order valence-electron chi connectivity index (χ1n) is 8.51. The van der Waals surface area contributed by atoms with Gasteiger partial charge in [-0.3, -0.25) is 0 Å². The molecule has 4 unspecified atom stereocenters. The van der Waals surface area contributed by atoms with Gasteiger partial charge in [-0.25, -0.2) is 0 Å². The lowest BCUT2D eigenvalue weighted by atomic mass is 9.92. The predicted molar refractivity (Wildman–Crippen MR) is 97.3 cm³/mol. The summed E-state index contributed by atoms with van der Waals surface area (Å²) in [4.78, 5) is 2.45. The van der Waals surface area contributed by atoms with E-state index < -0.39 is 0 Å². The lowest BCUT2D eigenvalue weighted by Gasteiger charge is -2.39. The van der Waals surface area contributed by atoms with E-state index >= 15 is 0 Å². The summed E-state index contributed by atoms with van der Waals surface area (Å²) in [6.45, 7) is 3.94. The molecule has 3 fully saturated rings. The number of hydrogen-bond donors (Lipinski definition) is 2. The van der Waals surface area contributed by atoms with E-state index in [4.69, 9.17) is 4.74 Å². The van der Waals surface area contributed by atoms with Crippen molar-refractivity contribution in [2.24, 2.45) is 5.92 Å². The highest BCUT2D eigenvalue weighted by molar-refractivity contribution is 7.99. The van der Waals surface area contributed by atoms with Crippen molar-refractivity contribution in [3.05, 3.63) is 0 Å². The molecule has 4 nitrogen and oxygen atoms in total. The molecule has 0 aromatic rings. The molecule has 2 saturated heterocycles. The minimum absolute atomic E-state index is 0. The van der Waals surface area contributed by atoms with Crippen LogP contribution in [-0.2, 0) is 4.74 Å². The smallest absolute Gasteiger partial charge is 0.0623 e. The molecular formula is C16H32ClN3OS. The monoisotopic (exact) mass is 349 g/mol. The van der Waals surface area contributed by atoms with Crippen molar-refractivity contribution in [1.29, 1.82) is 0 Å². The minimum Gasteiger partial charge on any atom is -0.379 e. The minimum atomic E-state index is 0. The van der Waals surface area contributed by atoms with E-state index in [-0.39, 0.29) is 12.4 Å². The maximum atomic E-state index is 5.68. The molecule has 1 saturated carbocycles. The van der Waals surface area contributed by atoms with Gasteiger partial charge >= 0.3 is 0 Å². The molecule has 2 N–H and O–H groups in total. The third-order valence-electron chi connectivity index (χ3n) is 5.76. The Morgan fingerprint density at radius 1 is 1.36 bits per heavy atom. The van der Waals surface area contributed by atoms with Crippen LogP contribution in [0.25, 0.3) is 0 Å². The number of nitrogens with zero attached hydrogens (tertiary/aromatic N) is 1. The standard InChI is InChI=1S/C16H31N3OS.ClH/c1-19(2)16(6-9-21-12-16)11-18-14-5-3-4-13(14)15-10-20-8-7-17-15;/h13-15,17-18H,3-12H2,1-2H3;1H. The van der Waals surface area contributed by atoms with Crippen LogP contribution in [0.5, 0.6) is 0 Å². The Morgan fingerprint density at radius 2 is 2.23 bits per heavy atom. The van der Waals surface area contributed by atoms with Crippen LogP contribution in [0, 0.1) is 5.92 Å². The predicted octanol–water partition coefficient (Wildman–Crippen LogP) is 1.59. The number of hydrogen-bond acceptors (Lipinski definition) is 5. The second-order valence-electron chi connectivity index (χ2n) is 7.14. The Morgan fingerprint density at radius 3 is 2.86 bits per heavy atom. The van der Waals surface area contributed by atoms with Gasteiger partial charge in [-0.2, -0.15) is 11.8 Å². The van der Waals surface area contributed by atoms with Gasteiger partial charge in [0.25, 0.3) is 0 Å². The molecule has 3 rings (SSSR count). The largest absolute Gasteiger partial charge is 0.379 e. The van der Waals surface area contributed by atoms with Crippen molar-refractivity contribution in [1.82, 2.24) is 15.5 Å². The van der Waals surface area contributed by atoms with Crippen molar-refractivity contribution in [2.75, 3.05) is 51.9 Å². The Kier molecular flexibility index (Phi) is 7.30. The first-order chi connectivity index (χ1) is 10.2. The zero-order valence-electron chi connectivity index (χ0n) is 14.0. The fraction of sp³-hybridized carbons (Fsp3) is 1.00. The molecule has 0 amide bonds. The molecule has 2 aliphatic heterocycles. The van der Waals surface area contributed by atoms with Crippen molar-refractivity contribution < 1.29 is 4.74 Å². The Bertz CT molecular complexity index is 333. The lowest BCUT2D eigenvalue weighted by molar-refractivity contribution is 0.0511. The summed E-state index contributed by atoms with van der Waals surface area (Å²) in [5.41, 5.74) is 0.369. The number of halogens is 1. The van der Waals surface area contributed by atoms with E-state index in [0.29, 0.717) is 17.6 Å². The molecule has 0 spiro atoms. The molecule has 3 aliphatic rings. The van der Waals surface area contributed by atoms with Crippen LogP contribution in [0.1, 0.15) is 25.7 Å². The molecule has 6 heteroatoms. The molecule has 4 atom stereocenters. The molecule has 2 heterocycles. The SMILES string of the molecule is CN(C)C1(CNC2CCCC2C2COCCN2)CCSC1.Cl. The summed E-state index contributed by atoms with van der Waals surface area (Å²) in [6, 6.07) is 1.23. The fourth-order valence-corrected chi connectivity index (χ4v) is 5.71. The Balaban J connectivity index is 0.00000176. The van der Waals surface area contributed by atoms with Gasteiger partial charge in [0.05, 0.1) is 13.2 Å². The molecule has 1 aliphatic carbocycles. The fourth-order valence-electron chi connectivity index (χ4n) is 4.15. The number of rotatable bonds is 5. The Hall–Kier alpha value is 0.480. The van der Waals surface area contributed by atoms with Crippen molar-refractivity contribution in [3.63, 3.8) is 0 Å². The average molecular weight is 350 g/mol. The summed E-state index contributed by atoms with van der Waals surface area (Å²) < 4.78 is 5.68. The molecule has 0 aromatic carbocycles.